The molecule has 1 fully saturated rings. The van der Waals surface area contributed by atoms with E-state index >= 15 is 0 Å². The maximum atomic E-state index is 12.7. The molecule has 0 aliphatic carbocycles. The van der Waals surface area contributed by atoms with E-state index in [2.05, 4.69) is 5.32 Å². The van der Waals surface area contributed by atoms with Crippen LogP contribution in [0.3, 0.4) is 0 Å². The van der Waals surface area contributed by atoms with Crippen molar-refractivity contribution >= 4 is 21.6 Å². The molecule has 0 bridgehead atoms. The van der Waals surface area contributed by atoms with Gasteiger partial charge in [0.05, 0.1) is 17.6 Å². The number of benzene rings is 2. The standard InChI is InChI=1S/C19H22N2O4S/c1-14-3-5-16(6-4-14)19(22)20-17-7-9-18(10-8-17)26(23,24)21-11-12-25-15(2)13-21/h3-10,15H,11-13H2,1-2H3,(H,20,22). The van der Waals surface area contributed by atoms with Crippen LogP contribution in [0.1, 0.15) is 22.8 Å². The average molecular weight is 374 g/mol. The van der Waals surface area contributed by atoms with E-state index in [1.807, 2.05) is 26.0 Å². The van der Waals surface area contributed by atoms with Crippen molar-refractivity contribution in [2.75, 3.05) is 25.0 Å². The molecule has 1 heterocycles. The number of aryl methyl sites for hydroxylation is 1. The monoisotopic (exact) mass is 374 g/mol. The maximum absolute atomic E-state index is 12.7. The van der Waals surface area contributed by atoms with Crippen LogP contribution in [0, 0.1) is 6.92 Å². The van der Waals surface area contributed by atoms with Gasteiger partial charge in [-0.1, -0.05) is 17.7 Å². The van der Waals surface area contributed by atoms with Crippen molar-refractivity contribution in [3.8, 4) is 0 Å². The Hall–Kier alpha value is -2.22. The summed E-state index contributed by atoms with van der Waals surface area (Å²) in [5.41, 5.74) is 2.17. The fraction of sp³-hybridized carbons (Fsp3) is 0.316. The van der Waals surface area contributed by atoms with Gasteiger partial charge in [-0.15, -0.1) is 0 Å². The molecule has 1 saturated heterocycles. The molecule has 138 valence electrons. The lowest BCUT2D eigenvalue weighted by Crippen LogP contribution is -2.44. The van der Waals surface area contributed by atoms with Gasteiger partial charge < -0.3 is 10.1 Å². The number of amides is 1. The van der Waals surface area contributed by atoms with E-state index in [4.69, 9.17) is 4.74 Å². The summed E-state index contributed by atoms with van der Waals surface area (Å²) in [5.74, 6) is -0.234. The van der Waals surface area contributed by atoms with Gasteiger partial charge in [0.15, 0.2) is 0 Å². The van der Waals surface area contributed by atoms with Crippen LogP contribution in [0.15, 0.2) is 53.4 Å². The number of carbonyl (C=O) groups is 1. The predicted octanol–water partition coefficient (Wildman–Crippen LogP) is 2.66. The molecule has 1 unspecified atom stereocenters. The highest BCUT2D eigenvalue weighted by atomic mass is 32.2. The molecule has 0 spiro atoms. The molecular formula is C19H22N2O4S. The zero-order valence-electron chi connectivity index (χ0n) is 14.8. The normalized spacial score (nSPS) is 18.5. The number of carbonyl (C=O) groups excluding carboxylic acids is 1. The first-order valence-electron chi connectivity index (χ1n) is 8.46. The van der Waals surface area contributed by atoms with Gasteiger partial charge in [0.25, 0.3) is 5.91 Å². The topological polar surface area (TPSA) is 75.7 Å². The third-order valence-corrected chi connectivity index (χ3v) is 6.15. The minimum atomic E-state index is -3.56. The number of anilines is 1. The van der Waals surface area contributed by atoms with Crippen LogP contribution in [-0.4, -0.2) is 44.4 Å². The molecule has 2 aromatic rings. The molecule has 7 heteroatoms. The van der Waals surface area contributed by atoms with E-state index < -0.39 is 10.0 Å². The maximum Gasteiger partial charge on any atom is 0.255 e. The fourth-order valence-corrected chi connectivity index (χ4v) is 4.27. The van der Waals surface area contributed by atoms with Crippen molar-refractivity contribution in [3.05, 3.63) is 59.7 Å². The van der Waals surface area contributed by atoms with Crippen molar-refractivity contribution in [3.63, 3.8) is 0 Å². The molecule has 0 radical (unpaired) electrons. The smallest absolute Gasteiger partial charge is 0.255 e. The Morgan fingerprint density at radius 3 is 2.38 bits per heavy atom. The second-order valence-electron chi connectivity index (χ2n) is 6.39. The van der Waals surface area contributed by atoms with Crippen LogP contribution >= 0.6 is 0 Å². The zero-order valence-corrected chi connectivity index (χ0v) is 15.6. The molecule has 3 rings (SSSR count). The number of hydrogen-bond acceptors (Lipinski definition) is 4. The SMILES string of the molecule is Cc1ccc(C(=O)Nc2ccc(S(=O)(=O)N3CCOC(C)C3)cc2)cc1. The summed E-state index contributed by atoms with van der Waals surface area (Å²) in [7, 11) is -3.56. The quantitative estimate of drug-likeness (QED) is 0.893. The Kier molecular flexibility index (Phi) is 5.41. The van der Waals surface area contributed by atoms with Gasteiger partial charge >= 0.3 is 0 Å². The minimum absolute atomic E-state index is 0.119. The second-order valence-corrected chi connectivity index (χ2v) is 8.33. The van der Waals surface area contributed by atoms with Gasteiger partial charge in [0.2, 0.25) is 10.0 Å². The summed E-state index contributed by atoms with van der Waals surface area (Å²) in [4.78, 5) is 12.4. The van der Waals surface area contributed by atoms with Crippen molar-refractivity contribution in [1.29, 1.82) is 0 Å². The Morgan fingerprint density at radius 2 is 1.77 bits per heavy atom. The lowest BCUT2D eigenvalue weighted by molar-refractivity contribution is 0.0102. The van der Waals surface area contributed by atoms with Gasteiger partial charge in [0, 0.05) is 24.3 Å². The Balaban J connectivity index is 1.71. The number of nitrogens with zero attached hydrogens (tertiary/aromatic N) is 1. The minimum Gasteiger partial charge on any atom is -0.376 e. The van der Waals surface area contributed by atoms with Gasteiger partial charge in [-0.05, 0) is 50.2 Å². The van der Waals surface area contributed by atoms with Gasteiger partial charge in [-0.25, -0.2) is 8.42 Å². The summed E-state index contributed by atoms with van der Waals surface area (Å²) in [5, 5.41) is 2.78. The lowest BCUT2D eigenvalue weighted by atomic mass is 10.1. The molecule has 1 N–H and O–H groups in total. The molecule has 1 aliphatic heterocycles. The highest BCUT2D eigenvalue weighted by molar-refractivity contribution is 7.89. The Morgan fingerprint density at radius 1 is 1.12 bits per heavy atom. The van der Waals surface area contributed by atoms with Crippen LogP contribution < -0.4 is 5.32 Å². The van der Waals surface area contributed by atoms with Crippen LogP contribution in [0.2, 0.25) is 0 Å². The van der Waals surface area contributed by atoms with Crippen LogP contribution in [0.25, 0.3) is 0 Å². The van der Waals surface area contributed by atoms with Crippen molar-refractivity contribution in [2.24, 2.45) is 0 Å². The number of nitrogens with one attached hydrogen (secondary N) is 1. The summed E-state index contributed by atoms with van der Waals surface area (Å²) in [6.07, 6.45) is -0.119. The average Bonchev–Trinajstić information content (AvgIpc) is 2.62. The van der Waals surface area contributed by atoms with E-state index in [1.54, 1.807) is 24.3 Å². The summed E-state index contributed by atoms with van der Waals surface area (Å²) < 4.78 is 32.2. The first kappa shape index (κ1) is 18.6. The number of rotatable bonds is 4. The highest BCUT2D eigenvalue weighted by Gasteiger charge is 2.29. The number of sulfonamides is 1. The lowest BCUT2D eigenvalue weighted by Gasteiger charge is -2.30. The summed E-state index contributed by atoms with van der Waals surface area (Å²) in [6, 6.07) is 13.5. The molecule has 1 atom stereocenters. The molecule has 1 aliphatic rings. The van der Waals surface area contributed by atoms with Gasteiger partial charge in [-0.2, -0.15) is 4.31 Å². The van der Waals surface area contributed by atoms with Crippen molar-refractivity contribution < 1.29 is 17.9 Å². The molecule has 0 aromatic heterocycles. The van der Waals surface area contributed by atoms with Crippen LogP contribution in [0.4, 0.5) is 5.69 Å². The number of hydrogen-bond donors (Lipinski definition) is 1. The van der Waals surface area contributed by atoms with Gasteiger partial charge in [0.1, 0.15) is 0 Å². The molecule has 0 saturated carbocycles. The first-order chi connectivity index (χ1) is 12.4. The second kappa shape index (κ2) is 7.57. The third-order valence-electron chi connectivity index (χ3n) is 4.27. The first-order valence-corrected chi connectivity index (χ1v) is 9.90. The Labute approximate surface area is 153 Å². The van der Waals surface area contributed by atoms with Crippen molar-refractivity contribution in [1.82, 2.24) is 4.31 Å². The number of morpholine rings is 1. The van der Waals surface area contributed by atoms with E-state index in [9.17, 15) is 13.2 Å². The molecule has 26 heavy (non-hydrogen) atoms. The largest absolute Gasteiger partial charge is 0.376 e. The van der Waals surface area contributed by atoms with Gasteiger partial charge in [-0.3, -0.25) is 4.79 Å². The fourth-order valence-electron chi connectivity index (χ4n) is 2.77. The summed E-state index contributed by atoms with van der Waals surface area (Å²) >= 11 is 0. The third kappa shape index (κ3) is 4.12. The predicted molar refractivity (Wildman–Crippen MR) is 99.7 cm³/mol. The van der Waals surface area contributed by atoms with Crippen molar-refractivity contribution in [2.45, 2.75) is 24.8 Å². The molecule has 6 nitrogen and oxygen atoms in total. The Bertz CT molecular complexity index is 877. The molecule has 1 amide bonds. The van der Waals surface area contributed by atoms with E-state index in [1.165, 1.54) is 16.4 Å². The van der Waals surface area contributed by atoms with E-state index in [0.29, 0.717) is 30.9 Å². The van der Waals surface area contributed by atoms with E-state index in [-0.39, 0.29) is 16.9 Å². The number of ether oxygens (including phenoxy) is 1. The molecule has 2 aromatic carbocycles. The van der Waals surface area contributed by atoms with Crippen LogP contribution in [-0.2, 0) is 14.8 Å². The summed E-state index contributed by atoms with van der Waals surface area (Å²) in [6.45, 7) is 4.89. The molecular weight excluding hydrogens is 352 g/mol. The highest BCUT2D eigenvalue weighted by Crippen LogP contribution is 2.21. The van der Waals surface area contributed by atoms with Crippen LogP contribution in [0.5, 0.6) is 0 Å². The zero-order chi connectivity index (χ0) is 18.7. The van der Waals surface area contributed by atoms with E-state index in [0.717, 1.165) is 5.56 Å².